The Bertz CT molecular complexity index is 1250. The quantitative estimate of drug-likeness (QED) is 0.277. The van der Waals surface area contributed by atoms with Crippen LogP contribution in [-0.2, 0) is 4.79 Å². The normalized spacial score (nSPS) is 16.6. The Kier molecular flexibility index (Phi) is 6.08. The van der Waals surface area contributed by atoms with Gasteiger partial charge in [0.25, 0.3) is 0 Å². The molecule has 1 aliphatic carbocycles. The van der Waals surface area contributed by atoms with E-state index >= 15 is 0 Å². The van der Waals surface area contributed by atoms with Crippen molar-refractivity contribution in [1.29, 1.82) is 0 Å². The van der Waals surface area contributed by atoms with Crippen LogP contribution >= 0.6 is 23.2 Å². The van der Waals surface area contributed by atoms with Gasteiger partial charge in [0.2, 0.25) is 0 Å². The van der Waals surface area contributed by atoms with Gasteiger partial charge in [-0.1, -0.05) is 23.2 Å². The van der Waals surface area contributed by atoms with E-state index in [2.05, 4.69) is 0 Å². The summed E-state index contributed by atoms with van der Waals surface area (Å²) in [6.45, 7) is 0. The van der Waals surface area contributed by atoms with Gasteiger partial charge in [0, 0.05) is 32.3 Å². The maximum absolute atomic E-state index is 13.1. The van der Waals surface area contributed by atoms with Crippen molar-refractivity contribution in [3.05, 3.63) is 106 Å². The third-order valence-corrected chi connectivity index (χ3v) is 6.12. The number of carbonyl (C=O) groups excluding carboxylic acids is 1. The first kappa shape index (κ1) is 21.6. The van der Waals surface area contributed by atoms with E-state index in [1.54, 1.807) is 0 Å². The first-order valence-corrected chi connectivity index (χ1v) is 11.5. The summed E-state index contributed by atoms with van der Waals surface area (Å²) < 4.78 is 11.9. The number of ketones is 1. The number of allylic oxidation sites excluding steroid dienone is 2. The molecule has 2 aromatic carbocycles. The predicted octanol–water partition coefficient (Wildman–Crippen LogP) is 8.73. The Morgan fingerprint density at radius 2 is 1.03 bits per heavy atom. The van der Waals surface area contributed by atoms with Crippen LogP contribution < -0.4 is 0 Å². The zero-order valence-corrected chi connectivity index (χ0v) is 19.2. The van der Waals surface area contributed by atoms with E-state index in [4.69, 9.17) is 32.0 Å². The number of benzene rings is 2. The highest BCUT2D eigenvalue weighted by atomic mass is 35.5. The Morgan fingerprint density at radius 1 is 0.606 bits per heavy atom. The number of Topliss-reactive ketones (excluding diaryl/α,β-unsaturated/α-hetero) is 1. The van der Waals surface area contributed by atoms with Gasteiger partial charge in [0.1, 0.15) is 23.0 Å². The SMILES string of the molecule is O=C1C(=Cc2ccc(-c3ccc(Cl)cc3)o2)CCCC1=Cc1ccc(-c2ccc(Cl)cc2)o1. The highest BCUT2D eigenvalue weighted by Crippen LogP contribution is 2.31. The standard InChI is InChI=1S/C28H20Cl2O3/c29-22-8-4-18(5-9-22)26-14-12-24(32-26)16-20-2-1-3-21(28(20)31)17-25-13-15-27(33-25)19-6-10-23(30)11-7-19/h4-17H,1-3H2. The zero-order valence-electron chi connectivity index (χ0n) is 17.7. The maximum atomic E-state index is 13.1. The van der Waals surface area contributed by atoms with Gasteiger partial charge in [0.05, 0.1) is 0 Å². The summed E-state index contributed by atoms with van der Waals surface area (Å²) >= 11 is 11.9. The van der Waals surface area contributed by atoms with Crippen molar-refractivity contribution in [3.63, 3.8) is 0 Å². The van der Waals surface area contributed by atoms with Gasteiger partial charge in [-0.25, -0.2) is 0 Å². The second-order valence-corrected chi connectivity index (χ2v) is 8.81. The molecule has 4 aromatic rings. The van der Waals surface area contributed by atoms with Gasteiger partial charge < -0.3 is 8.83 Å². The zero-order chi connectivity index (χ0) is 22.8. The smallest absolute Gasteiger partial charge is 0.185 e. The lowest BCUT2D eigenvalue weighted by Gasteiger charge is -2.15. The number of halogens is 2. The van der Waals surface area contributed by atoms with Crippen LogP contribution in [0.3, 0.4) is 0 Å². The molecular formula is C28H20Cl2O3. The summed E-state index contributed by atoms with van der Waals surface area (Å²) in [4.78, 5) is 13.1. The van der Waals surface area contributed by atoms with Gasteiger partial charge >= 0.3 is 0 Å². The van der Waals surface area contributed by atoms with Crippen LogP contribution in [0.2, 0.25) is 10.0 Å². The molecule has 3 nitrogen and oxygen atoms in total. The number of carbonyl (C=O) groups is 1. The molecule has 5 rings (SSSR count). The fourth-order valence-corrected chi connectivity index (χ4v) is 4.17. The Hall–Kier alpha value is -3.27. The van der Waals surface area contributed by atoms with Crippen molar-refractivity contribution >= 4 is 41.1 Å². The molecule has 0 spiro atoms. The Labute approximate surface area is 201 Å². The number of furan rings is 2. The van der Waals surface area contributed by atoms with Gasteiger partial charge in [-0.15, -0.1) is 0 Å². The number of rotatable bonds is 4. The maximum Gasteiger partial charge on any atom is 0.185 e. The summed E-state index contributed by atoms with van der Waals surface area (Å²) in [5, 5.41) is 1.35. The molecule has 1 saturated carbocycles. The highest BCUT2D eigenvalue weighted by molar-refractivity contribution is 6.30. The molecule has 1 aliphatic rings. The van der Waals surface area contributed by atoms with Crippen LogP contribution in [0.5, 0.6) is 0 Å². The van der Waals surface area contributed by atoms with Crippen LogP contribution in [0.4, 0.5) is 0 Å². The van der Waals surface area contributed by atoms with Gasteiger partial charge in [0.15, 0.2) is 5.78 Å². The van der Waals surface area contributed by atoms with E-state index in [9.17, 15) is 4.79 Å². The molecule has 2 heterocycles. The molecular weight excluding hydrogens is 455 g/mol. The molecule has 0 amide bonds. The lowest BCUT2D eigenvalue weighted by atomic mass is 9.88. The second kappa shape index (κ2) is 9.30. The first-order valence-electron chi connectivity index (χ1n) is 10.7. The minimum atomic E-state index is 0.0372. The Balaban J connectivity index is 1.35. The summed E-state index contributed by atoms with van der Waals surface area (Å²) in [6, 6.07) is 22.5. The molecule has 0 saturated heterocycles. The lowest BCUT2D eigenvalue weighted by Crippen LogP contribution is -2.12. The van der Waals surface area contributed by atoms with Crippen molar-refractivity contribution in [3.8, 4) is 22.6 Å². The lowest BCUT2D eigenvalue weighted by molar-refractivity contribution is -0.112. The van der Waals surface area contributed by atoms with Gasteiger partial charge in [-0.2, -0.15) is 0 Å². The summed E-state index contributed by atoms with van der Waals surface area (Å²) in [7, 11) is 0. The van der Waals surface area contributed by atoms with E-state index in [1.165, 1.54) is 0 Å². The van der Waals surface area contributed by atoms with Crippen molar-refractivity contribution in [1.82, 2.24) is 0 Å². The molecule has 0 N–H and O–H groups in total. The fraction of sp³-hybridized carbons (Fsp3) is 0.107. The minimum Gasteiger partial charge on any atom is -0.457 e. The predicted molar refractivity (Wildman–Crippen MR) is 133 cm³/mol. The van der Waals surface area contributed by atoms with E-state index < -0.39 is 0 Å². The van der Waals surface area contributed by atoms with Crippen molar-refractivity contribution in [2.75, 3.05) is 0 Å². The van der Waals surface area contributed by atoms with Gasteiger partial charge in [-0.05, 0) is 104 Å². The average Bonchev–Trinajstić information content (AvgIpc) is 3.48. The average molecular weight is 475 g/mol. The molecule has 0 bridgehead atoms. The summed E-state index contributed by atoms with van der Waals surface area (Å²) in [5.74, 6) is 2.83. The third kappa shape index (κ3) is 4.90. The molecule has 33 heavy (non-hydrogen) atoms. The third-order valence-electron chi connectivity index (χ3n) is 5.62. The molecule has 1 fully saturated rings. The van der Waals surface area contributed by atoms with Crippen molar-refractivity contribution in [2.24, 2.45) is 0 Å². The topological polar surface area (TPSA) is 43.4 Å². The van der Waals surface area contributed by atoms with Crippen molar-refractivity contribution in [2.45, 2.75) is 19.3 Å². The number of hydrogen-bond acceptors (Lipinski definition) is 3. The minimum absolute atomic E-state index is 0.0372. The monoisotopic (exact) mass is 474 g/mol. The van der Waals surface area contributed by atoms with Gasteiger partial charge in [-0.3, -0.25) is 4.79 Å². The molecule has 5 heteroatoms. The van der Waals surface area contributed by atoms with Crippen LogP contribution in [0.1, 0.15) is 30.8 Å². The fourth-order valence-electron chi connectivity index (χ4n) is 3.92. The second-order valence-electron chi connectivity index (χ2n) is 7.94. The molecule has 0 radical (unpaired) electrons. The summed E-state index contributed by atoms with van der Waals surface area (Å²) in [6.07, 6.45) is 6.04. The van der Waals surface area contributed by atoms with E-state index in [1.807, 2.05) is 84.9 Å². The molecule has 0 aliphatic heterocycles. The van der Waals surface area contributed by atoms with Crippen LogP contribution in [-0.4, -0.2) is 5.78 Å². The largest absolute Gasteiger partial charge is 0.457 e. The van der Waals surface area contributed by atoms with E-state index in [0.29, 0.717) is 21.6 Å². The van der Waals surface area contributed by atoms with Crippen LogP contribution in [0.25, 0.3) is 34.8 Å². The van der Waals surface area contributed by atoms with Crippen molar-refractivity contribution < 1.29 is 13.6 Å². The molecule has 2 aromatic heterocycles. The number of hydrogen-bond donors (Lipinski definition) is 0. The molecule has 0 atom stereocenters. The summed E-state index contributed by atoms with van der Waals surface area (Å²) in [5.41, 5.74) is 3.37. The van der Waals surface area contributed by atoms with E-state index in [-0.39, 0.29) is 5.78 Å². The van der Waals surface area contributed by atoms with Crippen LogP contribution in [0.15, 0.2) is 92.8 Å². The first-order chi connectivity index (χ1) is 16.0. The van der Waals surface area contributed by atoms with E-state index in [0.717, 1.165) is 53.1 Å². The van der Waals surface area contributed by atoms with Crippen LogP contribution in [0, 0.1) is 0 Å². The highest BCUT2D eigenvalue weighted by Gasteiger charge is 2.21. The molecule has 0 unspecified atom stereocenters. The molecule has 164 valence electrons. The Morgan fingerprint density at radius 3 is 1.45 bits per heavy atom.